The second-order valence-corrected chi connectivity index (χ2v) is 4.05. The van der Waals surface area contributed by atoms with Crippen LogP contribution in [-0.4, -0.2) is 4.57 Å². The van der Waals surface area contributed by atoms with E-state index in [1.807, 2.05) is 27.7 Å². The monoisotopic (exact) mass is 247 g/mol. The lowest BCUT2D eigenvalue weighted by atomic mass is 9.98. The van der Waals surface area contributed by atoms with E-state index in [0.717, 1.165) is 0 Å². The van der Waals surface area contributed by atoms with E-state index < -0.39 is 0 Å². The molecule has 0 saturated heterocycles. The Morgan fingerprint density at radius 1 is 1.06 bits per heavy atom. The molecule has 1 unspecified atom stereocenters. The van der Waals surface area contributed by atoms with Crippen molar-refractivity contribution in [3.63, 3.8) is 0 Å². The molecule has 0 fully saturated rings. The molecule has 0 bridgehead atoms. The van der Waals surface area contributed by atoms with Crippen molar-refractivity contribution in [2.45, 2.75) is 53.9 Å². The average molecular weight is 247 g/mol. The van der Waals surface area contributed by atoms with Gasteiger partial charge >= 0.3 is 0 Å². The molecular formula is C17H29N. The molecule has 0 aliphatic carbocycles. The molecule has 0 amide bonds. The standard InChI is InChI=1S/C13H17N.2C2H6/c1-4-10(2)11-5-6-13-12(9-11)7-8-14(13)3;2*1-2/h5-10H,4H2,1-3H3;2*1-2H3. The minimum Gasteiger partial charge on any atom is -0.351 e. The molecule has 0 spiro atoms. The van der Waals surface area contributed by atoms with Crippen LogP contribution in [0.3, 0.4) is 0 Å². The maximum atomic E-state index is 2.31. The summed E-state index contributed by atoms with van der Waals surface area (Å²) in [7, 11) is 2.09. The smallest absolute Gasteiger partial charge is 0.0477 e. The van der Waals surface area contributed by atoms with E-state index in [9.17, 15) is 0 Å². The van der Waals surface area contributed by atoms with Crippen molar-refractivity contribution in [2.24, 2.45) is 7.05 Å². The van der Waals surface area contributed by atoms with Crippen molar-refractivity contribution in [1.29, 1.82) is 0 Å². The minimum absolute atomic E-state index is 0.666. The topological polar surface area (TPSA) is 4.93 Å². The summed E-state index contributed by atoms with van der Waals surface area (Å²) >= 11 is 0. The van der Waals surface area contributed by atoms with E-state index in [1.54, 1.807) is 0 Å². The van der Waals surface area contributed by atoms with E-state index in [4.69, 9.17) is 0 Å². The maximum absolute atomic E-state index is 2.31. The first-order valence-electron chi connectivity index (χ1n) is 7.27. The zero-order valence-electron chi connectivity index (χ0n) is 13.1. The third-order valence-electron chi connectivity index (χ3n) is 3.09. The molecule has 102 valence electrons. The number of hydrogen-bond donors (Lipinski definition) is 0. The SMILES string of the molecule is CC.CC.CCC(C)c1ccc2c(ccn2C)c1. The number of hydrogen-bond acceptors (Lipinski definition) is 0. The number of nitrogens with zero attached hydrogens (tertiary/aromatic N) is 1. The highest BCUT2D eigenvalue weighted by molar-refractivity contribution is 5.80. The van der Waals surface area contributed by atoms with E-state index in [-0.39, 0.29) is 0 Å². The first kappa shape index (κ1) is 16.8. The van der Waals surface area contributed by atoms with Crippen LogP contribution in [0.1, 0.15) is 59.4 Å². The molecule has 0 saturated carbocycles. The zero-order valence-corrected chi connectivity index (χ0v) is 13.1. The number of benzene rings is 1. The molecule has 0 aliphatic heterocycles. The van der Waals surface area contributed by atoms with Gasteiger partial charge in [0.05, 0.1) is 0 Å². The van der Waals surface area contributed by atoms with Gasteiger partial charge in [0.2, 0.25) is 0 Å². The molecule has 0 N–H and O–H groups in total. The first-order valence-corrected chi connectivity index (χ1v) is 7.27. The highest BCUT2D eigenvalue weighted by Crippen LogP contribution is 2.23. The number of fused-ring (bicyclic) bond motifs is 1. The van der Waals surface area contributed by atoms with Crippen LogP contribution in [0.4, 0.5) is 0 Å². The van der Waals surface area contributed by atoms with E-state index in [2.05, 4.69) is 55.9 Å². The summed E-state index contributed by atoms with van der Waals surface area (Å²) in [4.78, 5) is 0. The summed E-state index contributed by atoms with van der Waals surface area (Å²) in [5.41, 5.74) is 2.77. The van der Waals surface area contributed by atoms with Crippen molar-refractivity contribution >= 4 is 10.9 Å². The van der Waals surface area contributed by atoms with Gasteiger partial charge in [-0.25, -0.2) is 0 Å². The average Bonchev–Trinajstić information content (AvgIpc) is 2.83. The fraction of sp³-hybridized carbons (Fsp3) is 0.529. The van der Waals surface area contributed by atoms with Crippen LogP contribution >= 0.6 is 0 Å². The Morgan fingerprint density at radius 2 is 1.67 bits per heavy atom. The van der Waals surface area contributed by atoms with Crippen molar-refractivity contribution in [3.05, 3.63) is 36.0 Å². The molecule has 1 heterocycles. The normalized spacial score (nSPS) is 11.1. The number of aromatic nitrogens is 1. The Kier molecular flexibility index (Phi) is 8.19. The van der Waals surface area contributed by atoms with Gasteiger partial charge in [-0.2, -0.15) is 0 Å². The molecule has 1 aromatic heterocycles. The third kappa shape index (κ3) is 3.90. The Morgan fingerprint density at radius 3 is 2.22 bits per heavy atom. The minimum atomic E-state index is 0.666. The number of rotatable bonds is 2. The van der Waals surface area contributed by atoms with Gasteiger partial charge in [-0.3, -0.25) is 0 Å². The van der Waals surface area contributed by atoms with Gasteiger partial charge < -0.3 is 4.57 Å². The summed E-state index contributed by atoms with van der Waals surface area (Å²) in [5.74, 6) is 0.666. The predicted molar refractivity (Wildman–Crippen MR) is 84.3 cm³/mol. The first-order chi connectivity index (χ1) is 8.72. The lowest BCUT2D eigenvalue weighted by Crippen LogP contribution is -1.91. The second kappa shape index (κ2) is 8.79. The summed E-state index contributed by atoms with van der Waals surface area (Å²) in [6.07, 6.45) is 3.32. The number of aryl methyl sites for hydroxylation is 1. The van der Waals surface area contributed by atoms with E-state index >= 15 is 0 Å². The fourth-order valence-electron chi connectivity index (χ4n) is 1.84. The maximum Gasteiger partial charge on any atom is 0.0477 e. The van der Waals surface area contributed by atoms with Crippen LogP contribution < -0.4 is 0 Å². The summed E-state index contributed by atoms with van der Waals surface area (Å²) in [5, 5.41) is 1.35. The van der Waals surface area contributed by atoms with Gasteiger partial charge in [-0.05, 0) is 41.5 Å². The van der Waals surface area contributed by atoms with Gasteiger partial charge in [0.25, 0.3) is 0 Å². The van der Waals surface area contributed by atoms with Gasteiger partial charge in [-0.15, -0.1) is 0 Å². The lowest BCUT2D eigenvalue weighted by molar-refractivity contribution is 0.734. The summed E-state index contributed by atoms with van der Waals surface area (Å²) in [6.45, 7) is 12.5. The molecule has 1 aromatic carbocycles. The molecule has 0 radical (unpaired) electrons. The van der Waals surface area contributed by atoms with Gasteiger partial charge in [0.15, 0.2) is 0 Å². The molecule has 1 heteroatoms. The van der Waals surface area contributed by atoms with Crippen LogP contribution in [0, 0.1) is 0 Å². The molecule has 18 heavy (non-hydrogen) atoms. The summed E-state index contributed by atoms with van der Waals surface area (Å²) in [6, 6.07) is 8.96. The Hall–Kier alpha value is -1.24. The highest BCUT2D eigenvalue weighted by atomic mass is 14.9. The van der Waals surface area contributed by atoms with Crippen LogP contribution in [0.2, 0.25) is 0 Å². The molecule has 1 atom stereocenters. The Bertz CT molecular complexity index is 440. The zero-order chi connectivity index (χ0) is 14.1. The largest absolute Gasteiger partial charge is 0.351 e. The fourth-order valence-corrected chi connectivity index (χ4v) is 1.84. The predicted octanol–water partition coefficient (Wildman–Crippen LogP) is 5.74. The van der Waals surface area contributed by atoms with Crippen molar-refractivity contribution in [3.8, 4) is 0 Å². The second-order valence-electron chi connectivity index (χ2n) is 4.05. The summed E-state index contributed by atoms with van der Waals surface area (Å²) < 4.78 is 2.16. The quantitative estimate of drug-likeness (QED) is 0.637. The molecule has 2 aromatic rings. The van der Waals surface area contributed by atoms with E-state index in [1.165, 1.54) is 22.9 Å². The molecule has 0 aliphatic rings. The molecular weight excluding hydrogens is 218 g/mol. The highest BCUT2D eigenvalue weighted by Gasteiger charge is 2.04. The Labute approximate surface area is 113 Å². The van der Waals surface area contributed by atoms with Gasteiger partial charge in [-0.1, -0.05) is 47.6 Å². The third-order valence-corrected chi connectivity index (χ3v) is 3.09. The van der Waals surface area contributed by atoms with Gasteiger partial charge in [0, 0.05) is 18.8 Å². The van der Waals surface area contributed by atoms with Crippen LogP contribution in [0.15, 0.2) is 30.5 Å². The molecule has 2 rings (SSSR count). The van der Waals surface area contributed by atoms with Crippen LogP contribution in [0.25, 0.3) is 10.9 Å². The Balaban J connectivity index is 0.000000659. The molecule has 1 nitrogen and oxygen atoms in total. The van der Waals surface area contributed by atoms with Crippen molar-refractivity contribution in [1.82, 2.24) is 4.57 Å². The van der Waals surface area contributed by atoms with Crippen molar-refractivity contribution < 1.29 is 0 Å². The van der Waals surface area contributed by atoms with Gasteiger partial charge in [0.1, 0.15) is 0 Å². The van der Waals surface area contributed by atoms with E-state index in [0.29, 0.717) is 5.92 Å². The van der Waals surface area contributed by atoms with Crippen LogP contribution in [-0.2, 0) is 7.05 Å². The van der Waals surface area contributed by atoms with Crippen molar-refractivity contribution in [2.75, 3.05) is 0 Å². The van der Waals surface area contributed by atoms with Crippen LogP contribution in [0.5, 0.6) is 0 Å². The lowest BCUT2D eigenvalue weighted by Gasteiger charge is -2.08.